The molecule has 2 aromatic rings. The number of amides is 1. The second kappa shape index (κ2) is 8.80. The van der Waals surface area contributed by atoms with Crippen LogP contribution in [0.5, 0.6) is 0 Å². The van der Waals surface area contributed by atoms with E-state index in [-0.39, 0.29) is 36.5 Å². The molecule has 0 bridgehead atoms. The van der Waals surface area contributed by atoms with Crippen molar-refractivity contribution in [2.75, 3.05) is 31.5 Å². The molecule has 1 fully saturated rings. The van der Waals surface area contributed by atoms with Gasteiger partial charge >= 0.3 is 0 Å². The fraction of sp³-hybridized carbons (Fsp3) is 0.476. The minimum absolute atomic E-state index is 0.000232. The van der Waals surface area contributed by atoms with Crippen LogP contribution >= 0.6 is 11.3 Å². The molecule has 0 aliphatic carbocycles. The lowest BCUT2D eigenvalue weighted by Gasteiger charge is -2.47. The van der Waals surface area contributed by atoms with E-state index < -0.39 is 44.8 Å². The van der Waals surface area contributed by atoms with Crippen molar-refractivity contribution >= 4 is 22.9 Å². The maximum atomic E-state index is 13.6. The number of aryl methyl sites for hydroxylation is 1. The first-order chi connectivity index (χ1) is 17.3. The quantitative estimate of drug-likeness (QED) is 0.672. The van der Waals surface area contributed by atoms with Crippen LogP contribution in [0.2, 0.25) is 0 Å². The Morgan fingerprint density at radius 2 is 2.12 bits per heavy atom. The van der Waals surface area contributed by atoms with Gasteiger partial charge < -0.3 is 9.64 Å². The lowest BCUT2D eigenvalue weighted by molar-refractivity contribution is -0.128. The van der Waals surface area contributed by atoms with Gasteiger partial charge in [0.05, 0.1) is 4.11 Å². The molecule has 4 nitrogen and oxygen atoms in total. The van der Waals surface area contributed by atoms with Gasteiger partial charge in [-0.1, -0.05) is 31.1 Å². The van der Waals surface area contributed by atoms with Gasteiger partial charge in [0.2, 0.25) is 5.91 Å². The van der Waals surface area contributed by atoms with Gasteiger partial charge in [0.25, 0.3) is 0 Å². The number of anilines is 1. The summed E-state index contributed by atoms with van der Waals surface area (Å²) in [5.74, 6) is -1.53. The lowest BCUT2D eigenvalue weighted by atomic mass is 9.96. The fourth-order valence-corrected chi connectivity index (χ4v) is 3.56. The van der Waals surface area contributed by atoms with Crippen LogP contribution in [0, 0.1) is 0 Å². The van der Waals surface area contributed by atoms with E-state index in [0.29, 0.717) is 4.90 Å². The smallest absolute Gasteiger partial charge is 0.229 e. The van der Waals surface area contributed by atoms with E-state index in [1.54, 1.807) is 17.5 Å². The molecule has 0 radical (unpaired) electrons. The van der Waals surface area contributed by atoms with Crippen molar-refractivity contribution in [3.05, 3.63) is 52.7 Å². The highest BCUT2D eigenvalue weighted by molar-refractivity contribution is 7.09. The Hall–Kier alpha value is -1.69. The molecule has 5 heteroatoms. The highest BCUT2D eigenvalue weighted by Crippen LogP contribution is 2.34. The number of nitrogens with zero attached hydrogens (tertiary/aromatic N) is 2. The maximum Gasteiger partial charge on any atom is 0.229 e. The second-order valence-electron chi connectivity index (χ2n) is 5.85. The van der Waals surface area contributed by atoms with Gasteiger partial charge in [-0.3, -0.25) is 9.69 Å². The van der Waals surface area contributed by atoms with Crippen LogP contribution in [-0.2, 0) is 15.9 Å². The van der Waals surface area contributed by atoms with Crippen molar-refractivity contribution in [2.24, 2.45) is 0 Å². The molecule has 0 spiro atoms. The predicted molar refractivity (Wildman–Crippen MR) is 108 cm³/mol. The molecule has 0 atom stereocenters. The molecule has 1 amide bonds. The molecule has 0 N–H and O–H groups in total. The number of para-hydroxylation sites is 1. The van der Waals surface area contributed by atoms with E-state index in [4.69, 9.17) is 21.2 Å². The first kappa shape index (κ1) is 9.00. The highest BCUT2D eigenvalue weighted by Gasteiger charge is 2.42. The average Bonchev–Trinajstić information content (AvgIpc) is 3.34. The Kier molecular flexibility index (Phi) is 3.05. The molecule has 1 aromatic heterocycles. The van der Waals surface area contributed by atoms with Crippen LogP contribution < -0.4 is 4.90 Å². The van der Waals surface area contributed by atoms with Crippen molar-refractivity contribution < 1.29 is 26.0 Å². The monoisotopic (exact) mass is 384 g/mol. The molecule has 140 valence electrons. The zero-order chi connectivity index (χ0) is 28.8. The minimum Gasteiger partial charge on any atom is -0.358 e. The summed E-state index contributed by atoms with van der Waals surface area (Å²) >= 11 is 1.05. The number of likely N-dealkylation sites (tertiary alicyclic amines) is 1. The van der Waals surface area contributed by atoms with E-state index in [1.165, 1.54) is 35.2 Å². The summed E-state index contributed by atoms with van der Waals surface area (Å²) in [6, 6.07) is 10.5. The molecule has 1 saturated heterocycles. The Balaban J connectivity index is 2.06. The van der Waals surface area contributed by atoms with Crippen LogP contribution in [0.4, 0.5) is 5.69 Å². The van der Waals surface area contributed by atoms with Crippen LogP contribution in [-0.4, -0.2) is 43.2 Å². The molecule has 0 saturated carbocycles. The summed E-state index contributed by atoms with van der Waals surface area (Å²) in [5.41, 5.74) is -2.08. The molecule has 0 unspecified atom stereocenters. The first-order valence-electron chi connectivity index (χ1n) is 14.2. The van der Waals surface area contributed by atoms with E-state index in [9.17, 15) is 4.79 Å². The van der Waals surface area contributed by atoms with Gasteiger partial charge in [-0.05, 0) is 30.0 Å². The number of benzene rings is 1. The van der Waals surface area contributed by atoms with Gasteiger partial charge in [0, 0.05) is 68.7 Å². The third-order valence-corrected chi connectivity index (χ3v) is 5.11. The van der Waals surface area contributed by atoms with Gasteiger partial charge in [0.15, 0.2) is 0 Å². The molecule has 1 aromatic carbocycles. The molecular weight excluding hydrogens is 344 g/mol. The van der Waals surface area contributed by atoms with Crippen LogP contribution in [0.3, 0.4) is 0 Å². The maximum absolute atomic E-state index is 13.6. The van der Waals surface area contributed by atoms with E-state index in [0.717, 1.165) is 11.3 Å². The number of hydrogen-bond donors (Lipinski definition) is 0. The number of thiophene rings is 1. The molecule has 3 rings (SSSR count). The molecular formula is C21H28N2O2S. The number of hydrogen-bond acceptors (Lipinski definition) is 4. The highest BCUT2D eigenvalue weighted by atomic mass is 32.1. The largest absolute Gasteiger partial charge is 0.358 e. The zero-order valence-electron chi connectivity index (χ0n) is 26.1. The van der Waals surface area contributed by atoms with Crippen molar-refractivity contribution in [1.82, 2.24) is 4.90 Å². The summed E-state index contributed by atoms with van der Waals surface area (Å²) in [5, 5.41) is 1.62. The van der Waals surface area contributed by atoms with E-state index in [1.807, 2.05) is 0 Å². The first-order valence-corrected chi connectivity index (χ1v) is 9.03. The van der Waals surface area contributed by atoms with Crippen LogP contribution in [0.1, 0.15) is 47.4 Å². The average molecular weight is 385 g/mol. The fourth-order valence-electron chi connectivity index (χ4n) is 2.99. The van der Waals surface area contributed by atoms with Crippen LogP contribution in [0.25, 0.3) is 0 Å². The molecule has 26 heavy (non-hydrogen) atoms. The van der Waals surface area contributed by atoms with E-state index >= 15 is 0 Å². The summed E-state index contributed by atoms with van der Waals surface area (Å²) in [6.45, 7) is -6.48. The number of ether oxygens (including phenoxy) is 1. The molecule has 1 aliphatic heterocycles. The Bertz CT molecular complexity index is 1100. The number of piperidine rings is 1. The van der Waals surface area contributed by atoms with Gasteiger partial charge in [-0.2, -0.15) is 0 Å². The number of carbonyl (C=O) groups is 1. The number of rotatable bonds is 7. The summed E-state index contributed by atoms with van der Waals surface area (Å²) in [4.78, 5) is 15.6. The Morgan fingerprint density at radius 3 is 2.77 bits per heavy atom. The normalized spacial score (nSPS) is 26.6. The second-order valence-corrected chi connectivity index (χ2v) is 6.80. The SMILES string of the molecule is [2H]C([2H])([2H])OC1(N(C(=O)C([2H])([2H])C([2H])([2H])[2H])c2ccccc2)CCN(C([2H])([2H])C([2H])([2H])c2cccs2)CC1. The summed E-state index contributed by atoms with van der Waals surface area (Å²) in [7, 11) is -3.09. The minimum atomic E-state index is -3.41. The van der Waals surface area contributed by atoms with Crippen molar-refractivity contribution in [3.8, 4) is 0 Å². The number of methoxy groups -OCH3 is 1. The standard InChI is InChI=1S/C21H28N2O2S/c1-3-20(24)23(18-8-5-4-6-9-18)21(25-2)12-15-22(16-13-21)14-11-19-10-7-17-26-19/h4-10,17H,3,11-16H2,1-2H3/i1D3,2D3,3D2,11D2,14D2. The van der Waals surface area contributed by atoms with Gasteiger partial charge in [-0.25, -0.2) is 0 Å². The predicted octanol–water partition coefficient (Wildman–Crippen LogP) is 4.17. The van der Waals surface area contributed by atoms with Crippen molar-refractivity contribution in [2.45, 2.75) is 38.2 Å². The van der Waals surface area contributed by atoms with E-state index in [2.05, 4.69) is 0 Å². The number of carbonyl (C=O) groups excluding carboxylic acids is 1. The summed E-state index contributed by atoms with van der Waals surface area (Å²) < 4.78 is 102. The third-order valence-electron chi connectivity index (χ3n) is 4.33. The summed E-state index contributed by atoms with van der Waals surface area (Å²) in [6.07, 6.45) is -6.58. The molecule has 1 aliphatic rings. The zero-order valence-corrected chi connectivity index (χ0v) is 14.9. The van der Waals surface area contributed by atoms with Crippen molar-refractivity contribution in [1.29, 1.82) is 0 Å². The molecule has 2 heterocycles. The van der Waals surface area contributed by atoms with Crippen LogP contribution in [0.15, 0.2) is 47.8 Å². The van der Waals surface area contributed by atoms with Gasteiger partial charge in [0.1, 0.15) is 5.72 Å². The Labute approximate surface area is 177 Å². The topological polar surface area (TPSA) is 32.8 Å². The van der Waals surface area contributed by atoms with Crippen molar-refractivity contribution in [3.63, 3.8) is 0 Å². The van der Waals surface area contributed by atoms with Gasteiger partial charge in [-0.15, -0.1) is 11.3 Å². The third kappa shape index (κ3) is 4.17. The Morgan fingerprint density at radius 1 is 1.31 bits per heavy atom. The lowest BCUT2D eigenvalue weighted by Crippen LogP contribution is -2.59.